The summed E-state index contributed by atoms with van der Waals surface area (Å²) >= 11 is 2.10. The van der Waals surface area contributed by atoms with Crippen LogP contribution in [0.3, 0.4) is 0 Å². The molecule has 0 aromatic heterocycles. The van der Waals surface area contributed by atoms with Gasteiger partial charge in [-0.2, -0.15) is 11.8 Å². The second-order valence-corrected chi connectivity index (χ2v) is 8.59. The van der Waals surface area contributed by atoms with Crippen molar-refractivity contribution in [2.45, 2.75) is 76.8 Å². The van der Waals surface area contributed by atoms with Crippen molar-refractivity contribution in [2.75, 3.05) is 19.3 Å². The van der Waals surface area contributed by atoms with Crippen LogP contribution in [0.25, 0.3) is 0 Å². The molecular formula is C17H34N2S. The molecule has 0 spiro atoms. The van der Waals surface area contributed by atoms with Crippen LogP contribution in [0.2, 0.25) is 0 Å². The largest absolute Gasteiger partial charge is 0.311 e. The van der Waals surface area contributed by atoms with Gasteiger partial charge in [0.05, 0.1) is 0 Å². The molecule has 1 aliphatic carbocycles. The van der Waals surface area contributed by atoms with Gasteiger partial charge in [-0.25, -0.2) is 0 Å². The Hall–Kier alpha value is 0.270. The van der Waals surface area contributed by atoms with E-state index in [2.05, 4.69) is 55.9 Å². The van der Waals surface area contributed by atoms with Gasteiger partial charge in [-0.3, -0.25) is 4.90 Å². The first-order valence-electron chi connectivity index (χ1n) is 8.54. The minimum Gasteiger partial charge on any atom is -0.311 e. The lowest BCUT2D eigenvalue weighted by molar-refractivity contribution is 0.0551. The zero-order valence-corrected chi connectivity index (χ0v) is 14.9. The summed E-state index contributed by atoms with van der Waals surface area (Å²) < 4.78 is 0. The smallest absolute Gasteiger partial charge is 0.0247 e. The first kappa shape index (κ1) is 16.6. The predicted octanol–water partition coefficient (Wildman–Crippen LogP) is 3.62. The van der Waals surface area contributed by atoms with E-state index in [4.69, 9.17) is 0 Å². The first-order valence-corrected chi connectivity index (χ1v) is 9.83. The van der Waals surface area contributed by atoms with Crippen LogP contribution in [0.4, 0.5) is 0 Å². The molecule has 2 nitrogen and oxygen atoms in total. The first-order chi connectivity index (χ1) is 9.52. The maximum absolute atomic E-state index is 3.82. The SMILES string of the molecule is CSC1CCCC1N1CC(CC(C)C)NCC1C(C)C. The fourth-order valence-corrected chi connectivity index (χ4v) is 5.16. The summed E-state index contributed by atoms with van der Waals surface area (Å²) in [6.45, 7) is 11.9. The highest BCUT2D eigenvalue weighted by atomic mass is 32.2. The number of thioether (sulfide) groups is 1. The maximum atomic E-state index is 3.82. The summed E-state index contributed by atoms with van der Waals surface area (Å²) in [7, 11) is 0. The van der Waals surface area contributed by atoms with E-state index in [0.717, 1.165) is 29.2 Å². The third-order valence-electron chi connectivity index (χ3n) is 5.14. The number of piperazine rings is 1. The van der Waals surface area contributed by atoms with Crippen LogP contribution in [0, 0.1) is 11.8 Å². The quantitative estimate of drug-likeness (QED) is 0.834. The minimum absolute atomic E-state index is 0.702. The van der Waals surface area contributed by atoms with Gasteiger partial charge in [-0.1, -0.05) is 34.1 Å². The molecule has 1 heterocycles. The van der Waals surface area contributed by atoms with Gasteiger partial charge in [0.2, 0.25) is 0 Å². The lowest BCUT2D eigenvalue weighted by atomic mass is 9.93. The molecule has 1 aliphatic heterocycles. The summed E-state index contributed by atoms with van der Waals surface area (Å²) in [5, 5.41) is 4.69. The molecule has 1 saturated carbocycles. The Morgan fingerprint density at radius 1 is 1.20 bits per heavy atom. The van der Waals surface area contributed by atoms with Crippen molar-refractivity contribution < 1.29 is 0 Å². The van der Waals surface area contributed by atoms with Gasteiger partial charge in [-0.05, 0) is 37.4 Å². The van der Waals surface area contributed by atoms with E-state index >= 15 is 0 Å². The van der Waals surface area contributed by atoms with Crippen molar-refractivity contribution in [1.29, 1.82) is 0 Å². The summed E-state index contributed by atoms with van der Waals surface area (Å²) in [5.74, 6) is 1.55. The standard InChI is InChI=1S/C17H34N2S/c1-12(2)9-14-11-19(16(10-18-14)13(3)4)15-7-6-8-17(15)20-5/h12-18H,6-11H2,1-5H3. The van der Waals surface area contributed by atoms with Gasteiger partial charge in [0, 0.05) is 36.5 Å². The van der Waals surface area contributed by atoms with Crippen molar-refractivity contribution in [3.8, 4) is 0 Å². The third-order valence-corrected chi connectivity index (χ3v) is 6.30. The molecule has 20 heavy (non-hydrogen) atoms. The Morgan fingerprint density at radius 3 is 2.55 bits per heavy atom. The number of nitrogens with one attached hydrogen (secondary N) is 1. The minimum atomic E-state index is 0.702. The Morgan fingerprint density at radius 2 is 1.95 bits per heavy atom. The highest BCUT2D eigenvalue weighted by Gasteiger charge is 2.39. The van der Waals surface area contributed by atoms with Crippen molar-refractivity contribution in [1.82, 2.24) is 10.2 Å². The van der Waals surface area contributed by atoms with E-state index in [0.29, 0.717) is 6.04 Å². The van der Waals surface area contributed by atoms with E-state index in [9.17, 15) is 0 Å². The Labute approximate surface area is 130 Å². The van der Waals surface area contributed by atoms with Gasteiger partial charge in [0.25, 0.3) is 0 Å². The molecule has 0 aromatic rings. The van der Waals surface area contributed by atoms with Crippen molar-refractivity contribution in [3.63, 3.8) is 0 Å². The van der Waals surface area contributed by atoms with Gasteiger partial charge in [0.15, 0.2) is 0 Å². The molecule has 0 aromatic carbocycles. The van der Waals surface area contributed by atoms with Crippen LogP contribution in [-0.2, 0) is 0 Å². The summed E-state index contributed by atoms with van der Waals surface area (Å²) in [5.41, 5.74) is 0. The van der Waals surface area contributed by atoms with Gasteiger partial charge < -0.3 is 5.32 Å². The van der Waals surface area contributed by atoms with Crippen LogP contribution < -0.4 is 5.32 Å². The van der Waals surface area contributed by atoms with E-state index in [1.165, 1.54) is 38.8 Å². The molecule has 4 unspecified atom stereocenters. The Kier molecular flexibility index (Phi) is 6.25. The van der Waals surface area contributed by atoms with Crippen LogP contribution in [0.5, 0.6) is 0 Å². The zero-order valence-electron chi connectivity index (χ0n) is 14.1. The average molecular weight is 299 g/mol. The molecule has 0 radical (unpaired) electrons. The molecule has 4 atom stereocenters. The van der Waals surface area contributed by atoms with E-state index in [-0.39, 0.29) is 0 Å². The zero-order chi connectivity index (χ0) is 14.7. The molecule has 118 valence electrons. The number of hydrogen-bond donors (Lipinski definition) is 1. The highest BCUT2D eigenvalue weighted by Crippen LogP contribution is 2.35. The predicted molar refractivity (Wildman–Crippen MR) is 91.5 cm³/mol. The lowest BCUT2D eigenvalue weighted by Gasteiger charge is -2.47. The van der Waals surface area contributed by atoms with E-state index in [1.807, 2.05) is 0 Å². The number of hydrogen-bond acceptors (Lipinski definition) is 3. The van der Waals surface area contributed by atoms with Crippen LogP contribution in [0.1, 0.15) is 53.4 Å². The van der Waals surface area contributed by atoms with E-state index < -0.39 is 0 Å². The fraction of sp³-hybridized carbons (Fsp3) is 1.00. The Bertz CT molecular complexity index is 293. The van der Waals surface area contributed by atoms with Gasteiger partial charge in [0.1, 0.15) is 0 Å². The van der Waals surface area contributed by atoms with Crippen molar-refractivity contribution in [3.05, 3.63) is 0 Å². The van der Waals surface area contributed by atoms with Crippen molar-refractivity contribution >= 4 is 11.8 Å². The molecule has 0 amide bonds. The monoisotopic (exact) mass is 298 g/mol. The second-order valence-electron chi connectivity index (χ2n) is 7.52. The van der Waals surface area contributed by atoms with Crippen LogP contribution >= 0.6 is 11.8 Å². The fourth-order valence-electron chi connectivity index (χ4n) is 4.15. The molecule has 1 N–H and O–H groups in total. The van der Waals surface area contributed by atoms with Crippen LogP contribution in [-0.4, -0.2) is 47.6 Å². The molecule has 3 heteroatoms. The number of rotatable bonds is 5. The third kappa shape index (κ3) is 3.92. The molecular weight excluding hydrogens is 264 g/mol. The molecule has 1 saturated heterocycles. The van der Waals surface area contributed by atoms with Crippen LogP contribution in [0.15, 0.2) is 0 Å². The van der Waals surface area contributed by atoms with Gasteiger partial charge >= 0.3 is 0 Å². The summed E-state index contributed by atoms with van der Waals surface area (Å²) in [6, 6.07) is 2.26. The number of nitrogens with zero attached hydrogens (tertiary/aromatic N) is 1. The maximum Gasteiger partial charge on any atom is 0.0247 e. The Balaban J connectivity index is 2.06. The molecule has 0 bridgehead atoms. The average Bonchev–Trinajstić information content (AvgIpc) is 2.85. The topological polar surface area (TPSA) is 15.3 Å². The van der Waals surface area contributed by atoms with Crippen molar-refractivity contribution in [2.24, 2.45) is 11.8 Å². The lowest BCUT2D eigenvalue weighted by Crippen LogP contribution is -2.62. The van der Waals surface area contributed by atoms with E-state index in [1.54, 1.807) is 0 Å². The molecule has 2 rings (SSSR count). The molecule has 2 fully saturated rings. The summed E-state index contributed by atoms with van der Waals surface area (Å²) in [6.07, 6.45) is 7.90. The normalized spacial score (nSPS) is 36.1. The molecule has 2 aliphatic rings. The second kappa shape index (κ2) is 7.51. The highest BCUT2D eigenvalue weighted by molar-refractivity contribution is 7.99. The van der Waals surface area contributed by atoms with Gasteiger partial charge in [-0.15, -0.1) is 0 Å². The summed E-state index contributed by atoms with van der Waals surface area (Å²) in [4.78, 5) is 2.89.